The number of anilines is 1. The summed E-state index contributed by atoms with van der Waals surface area (Å²) in [6.45, 7) is 3.35. The first kappa shape index (κ1) is 14.4. The van der Waals surface area contributed by atoms with E-state index in [1.807, 2.05) is 24.3 Å². The minimum Gasteiger partial charge on any atom is -0.490 e. The van der Waals surface area contributed by atoms with Crippen LogP contribution in [-0.4, -0.2) is 19.1 Å². The molecule has 0 fully saturated rings. The van der Waals surface area contributed by atoms with E-state index in [1.165, 1.54) is 5.56 Å². The van der Waals surface area contributed by atoms with Crippen molar-refractivity contribution in [1.82, 2.24) is 0 Å². The maximum Gasteiger partial charge on any atom is 0.255 e. The summed E-state index contributed by atoms with van der Waals surface area (Å²) in [5, 5.41) is 2.90. The number of benzene rings is 2. The number of ether oxygens (including phenoxy) is 2. The number of hydrogen-bond donors (Lipinski definition) is 1. The van der Waals surface area contributed by atoms with Gasteiger partial charge in [-0.2, -0.15) is 0 Å². The Kier molecular flexibility index (Phi) is 4.28. The Labute approximate surface area is 130 Å². The average Bonchev–Trinajstić information content (AvgIpc) is 2.80. The third-order valence-electron chi connectivity index (χ3n) is 3.63. The Bertz CT molecular complexity index is 665. The van der Waals surface area contributed by atoms with Crippen molar-refractivity contribution in [2.24, 2.45) is 0 Å². The Hall–Kier alpha value is -2.49. The Morgan fingerprint density at radius 3 is 2.50 bits per heavy atom. The van der Waals surface area contributed by atoms with Crippen LogP contribution in [-0.2, 0) is 6.42 Å². The van der Waals surface area contributed by atoms with Gasteiger partial charge in [0.25, 0.3) is 5.91 Å². The van der Waals surface area contributed by atoms with Crippen LogP contribution in [0.5, 0.6) is 11.5 Å². The zero-order valence-electron chi connectivity index (χ0n) is 12.6. The molecule has 0 bridgehead atoms. The van der Waals surface area contributed by atoms with Gasteiger partial charge in [-0.05, 0) is 42.3 Å². The van der Waals surface area contributed by atoms with Crippen LogP contribution >= 0.6 is 0 Å². The normalized spacial score (nSPS) is 13.3. The second-order valence-corrected chi connectivity index (χ2v) is 5.22. The zero-order chi connectivity index (χ0) is 15.4. The first-order chi connectivity index (χ1) is 10.8. The van der Waals surface area contributed by atoms with E-state index in [1.54, 1.807) is 18.2 Å². The Balaban J connectivity index is 1.75. The van der Waals surface area contributed by atoms with E-state index >= 15 is 0 Å². The number of carbonyl (C=O) groups excluding carboxylic acids is 1. The van der Waals surface area contributed by atoms with Crippen LogP contribution in [0.3, 0.4) is 0 Å². The topological polar surface area (TPSA) is 47.6 Å². The number of aryl methyl sites for hydroxylation is 1. The fourth-order valence-electron chi connectivity index (χ4n) is 2.33. The van der Waals surface area contributed by atoms with Crippen LogP contribution in [0.25, 0.3) is 0 Å². The largest absolute Gasteiger partial charge is 0.490 e. The van der Waals surface area contributed by atoms with Gasteiger partial charge >= 0.3 is 0 Å². The van der Waals surface area contributed by atoms with Crippen LogP contribution in [0.2, 0.25) is 0 Å². The van der Waals surface area contributed by atoms with Gasteiger partial charge in [-0.15, -0.1) is 0 Å². The number of hydrogen-bond acceptors (Lipinski definition) is 3. The summed E-state index contributed by atoms with van der Waals surface area (Å²) >= 11 is 0. The predicted molar refractivity (Wildman–Crippen MR) is 85.8 cm³/mol. The SMILES string of the molecule is CCc1ccc(NC(=O)c2ccc3c(c2)OCCCO3)cc1. The van der Waals surface area contributed by atoms with E-state index in [9.17, 15) is 4.79 Å². The van der Waals surface area contributed by atoms with Crippen LogP contribution in [0, 0.1) is 0 Å². The number of amides is 1. The smallest absolute Gasteiger partial charge is 0.255 e. The van der Waals surface area contributed by atoms with E-state index in [0.717, 1.165) is 18.5 Å². The maximum atomic E-state index is 12.3. The van der Waals surface area contributed by atoms with Gasteiger partial charge < -0.3 is 14.8 Å². The molecule has 4 heteroatoms. The molecule has 1 aliphatic heterocycles. The van der Waals surface area contributed by atoms with E-state index < -0.39 is 0 Å². The summed E-state index contributed by atoms with van der Waals surface area (Å²) in [5.74, 6) is 1.17. The van der Waals surface area contributed by atoms with Gasteiger partial charge in [0.05, 0.1) is 13.2 Å². The van der Waals surface area contributed by atoms with E-state index in [4.69, 9.17) is 9.47 Å². The third-order valence-corrected chi connectivity index (χ3v) is 3.63. The molecule has 3 rings (SSSR count). The van der Waals surface area contributed by atoms with Crippen molar-refractivity contribution in [2.75, 3.05) is 18.5 Å². The second kappa shape index (κ2) is 6.52. The molecule has 0 aromatic heterocycles. The molecule has 0 saturated heterocycles. The van der Waals surface area contributed by atoms with Crippen LogP contribution in [0.4, 0.5) is 5.69 Å². The van der Waals surface area contributed by atoms with Gasteiger partial charge in [0.2, 0.25) is 0 Å². The standard InChI is InChI=1S/C18H19NO3/c1-2-13-4-7-15(8-5-13)19-18(20)14-6-9-16-17(12-14)22-11-3-10-21-16/h4-9,12H,2-3,10-11H2,1H3,(H,19,20). The molecular weight excluding hydrogens is 278 g/mol. The van der Waals surface area contributed by atoms with Crippen LogP contribution < -0.4 is 14.8 Å². The minimum atomic E-state index is -0.153. The molecule has 1 aliphatic rings. The highest BCUT2D eigenvalue weighted by Crippen LogP contribution is 2.30. The van der Waals surface area contributed by atoms with Crippen LogP contribution in [0.1, 0.15) is 29.3 Å². The molecular formula is C18H19NO3. The molecule has 22 heavy (non-hydrogen) atoms. The van der Waals surface area contributed by atoms with Crippen LogP contribution in [0.15, 0.2) is 42.5 Å². The summed E-state index contributed by atoms with van der Waals surface area (Å²) in [4.78, 5) is 12.3. The molecule has 2 aromatic rings. The highest BCUT2D eigenvalue weighted by molar-refractivity contribution is 6.04. The third kappa shape index (κ3) is 3.22. The molecule has 1 N–H and O–H groups in total. The molecule has 0 saturated carbocycles. The molecule has 1 heterocycles. The predicted octanol–water partition coefficient (Wildman–Crippen LogP) is 3.66. The van der Waals surface area contributed by atoms with Crippen molar-refractivity contribution in [3.8, 4) is 11.5 Å². The molecule has 0 spiro atoms. The monoisotopic (exact) mass is 297 g/mol. The second-order valence-electron chi connectivity index (χ2n) is 5.22. The van der Waals surface area contributed by atoms with Crippen molar-refractivity contribution in [2.45, 2.75) is 19.8 Å². The van der Waals surface area contributed by atoms with Gasteiger partial charge in [-0.3, -0.25) is 4.79 Å². The van der Waals surface area contributed by atoms with Gasteiger partial charge in [0, 0.05) is 17.7 Å². The summed E-state index contributed by atoms with van der Waals surface area (Å²) in [6, 6.07) is 13.1. The number of rotatable bonds is 3. The highest BCUT2D eigenvalue weighted by Gasteiger charge is 2.14. The zero-order valence-corrected chi connectivity index (χ0v) is 12.6. The summed E-state index contributed by atoms with van der Waals surface area (Å²) in [6.07, 6.45) is 1.83. The molecule has 0 unspecified atom stereocenters. The first-order valence-electron chi connectivity index (χ1n) is 7.56. The van der Waals surface area contributed by atoms with Gasteiger partial charge in [-0.1, -0.05) is 19.1 Å². The number of fused-ring (bicyclic) bond motifs is 1. The molecule has 0 atom stereocenters. The van der Waals surface area contributed by atoms with Crippen molar-refractivity contribution in [1.29, 1.82) is 0 Å². The minimum absolute atomic E-state index is 0.153. The molecule has 0 aliphatic carbocycles. The number of carbonyl (C=O) groups is 1. The summed E-state index contributed by atoms with van der Waals surface area (Å²) < 4.78 is 11.2. The fourth-order valence-corrected chi connectivity index (χ4v) is 2.33. The fraction of sp³-hybridized carbons (Fsp3) is 0.278. The van der Waals surface area contributed by atoms with E-state index in [0.29, 0.717) is 30.3 Å². The maximum absolute atomic E-state index is 12.3. The molecule has 4 nitrogen and oxygen atoms in total. The summed E-state index contributed by atoms with van der Waals surface area (Å²) in [5.41, 5.74) is 2.59. The lowest BCUT2D eigenvalue weighted by atomic mass is 10.1. The Morgan fingerprint density at radius 1 is 1.05 bits per heavy atom. The molecule has 2 aromatic carbocycles. The van der Waals surface area contributed by atoms with Crippen molar-refractivity contribution < 1.29 is 14.3 Å². The quantitative estimate of drug-likeness (QED) is 0.940. The Morgan fingerprint density at radius 2 is 1.77 bits per heavy atom. The van der Waals surface area contributed by atoms with Crippen molar-refractivity contribution in [3.63, 3.8) is 0 Å². The highest BCUT2D eigenvalue weighted by atomic mass is 16.5. The van der Waals surface area contributed by atoms with E-state index in [-0.39, 0.29) is 5.91 Å². The lowest BCUT2D eigenvalue weighted by molar-refractivity contribution is 0.102. The van der Waals surface area contributed by atoms with Crippen molar-refractivity contribution >= 4 is 11.6 Å². The number of nitrogens with one attached hydrogen (secondary N) is 1. The molecule has 114 valence electrons. The lowest BCUT2D eigenvalue weighted by Gasteiger charge is -2.10. The average molecular weight is 297 g/mol. The summed E-state index contributed by atoms with van der Waals surface area (Å²) in [7, 11) is 0. The van der Waals surface area contributed by atoms with E-state index in [2.05, 4.69) is 12.2 Å². The van der Waals surface area contributed by atoms with Crippen molar-refractivity contribution in [3.05, 3.63) is 53.6 Å². The molecule has 1 amide bonds. The van der Waals surface area contributed by atoms with Gasteiger partial charge in [0.15, 0.2) is 11.5 Å². The van der Waals surface area contributed by atoms with Gasteiger partial charge in [-0.25, -0.2) is 0 Å². The van der Waals surface area contributed by atoms with Gasteiger partial charge in [0.1, 0.15) is 0 Å². The lowest BCUT2D eigenvalue weighted by Crippen LogP contribution is -2.12. The first-order valence-corrected chi connectivity index (χ1v) is 7.56. The molecule has 0 radical (unpaired) electrons.